The molecule has 0 spiro atoms. The quantitative estimate of drug-likeness (QED) is 0.904. The maximum Gasteiger partial charge on any atom is 0.139 e. The molecule has 0 saturated heterocycles. The zero-order valence-electron chi connectivity index (χ0n) is 10.5. The molecule has 0 radical (unpaired) electrons. The fourth-order valence-electron chi connectivity index (χ4n) is 3.18. The number of hydrogen-bond acceptors (Lipinski definition) is 2. The molecule has 1 aliphatic heterocycles. The van der Waals surface area contributed by atoms with Crippen LogP contribution in [-0.4, -0.2) is 16.3 Å². The summed E-state index contributed by atoms with van der Waals surface area (Å²) in [5.41, 5.74) is 1.22. The lowest BCUT2D eigenvalue weighted by Gasteiger charge is -2.28. The summed E-state index contributed by atoms with van der Waals surface area (Å²) in [5.74, 6) is 2.66. The molecule has 94 valence electrons. The smallest absolute Gasteiger partial charge is 0.139 e. The zero-order chi connectivity index (χ0) is 12.0. The average molecular weight is 298 g/mol. The lowest BCUT2D eigenvalue weighted by molar-refractivity contribution is 0.345. The summed E-state index contributed by atoms with van der Waals surface area (Å²) in [6, 6.07) is 0.642. The molecule has 3 rings (SSSR count). The second-order valence-corrected chi connectivity index (χ2v) is 6.58. The molecular formula is C13H20BrN3. The normalized spacial score (nSPS) is 26.8. The molecular weight excluding hydrogens is 278 g/mol. The van der Waals surface area contributed by atoms with Crippen molar-refractivity contribution in [3.63, 3.8) is 0 Å². The van der Waals surface area contributed by atoms with E-state index in [0.717, 1.165) is 18.9 Å². The van der Waals surface area contributed by atoms with E-state index in [2.05, 4.69) is 39.8 Å². The Morgan fingerprint density at radius 3 is 3.06 bits per heavy atom. The first-order valence-electron chi connectivity index (χ1n) is 6.67. The Morgan fingerprint density at radius 1 is 1.47 bits per heavy atom. The average Bonchev–Trinajstić information content (AvgIpc) is 2.84. The Bertz CT molecular complexity index is 425. The first-order chi connectivity index (χ1) is 8.16. The summed E-state index contributed by atoms with van der Waals surface area (Å²) in [5, 5.41) is 8.39. The monoisotopic (exact) mass is 297 g/mol. The van der Waals surface area contributed by atoms with Crippen LogP contribution < -0.4 is 5.32 Å². The van der Waals surface area contributed by atoms with Gasteiger partial charge in [-0.05, 0) is 47.0 Å². The molecule has 1 aromatic rings. The standard InChI is InChI=1S/C13H20BrN3/c1-8(2)6-10-12(14)13-15-7-9-4-3-5-11(9)17(13)16-10/h8-9,11,15H,3-7H2,1-2H3. The lowest BCUT2D eigenvalue weighted by atomic mass is 10.0. The van der Waals surface area contributed by atoms with Gasteiger partial charge >= 0.3 is 0 Å². The van der Waals surface area contributed by atoms with Crippen LogP contribution in [-0.2, 0) is 6.42 Å². The highest BCUT2D eigenvalue weighted by Gasteiger charge is 2.35. The second kappa shape index (κ2) is 4.30. The fraction of sp³-hybridized carbons (Fsp3) is 0.769. The summed E-state index contributed by atoms with van der Waals surface area (Å²) >= 11 is 3.72. The SMILES string of the molecule is CC(C)Cc1nn2c(c1Br)NCC1CCCC12. The molecule has 17 heavy (non-hydrogen) atoms. The van der Waals surface area contributed by atoms with Gasteiger partial charge in [-0.25, -0.2) is 4.68 Å². The summed E-state index contributed by atoms with van der Waals surface area (Å²) in [7, 11) is 0. The van der Waals surface area contributed by atoms with Crippen LogP contribution >= 0.6 is 15.9 Å². The van der Waals surface area contributed by atoms with Crippen LogP contribution in [0.5, 0.6) is 0 Å². The van der Waals surface area contributed by atoms with Crippen molar-refractivity contribution in [2.45, 2.75) is 45.6 Å². The minimum absolute atomic E-state index is 0.642. The summed E-state index contributed by atoms with van der Waals surface area (Å²) in [4.78, 5) is 0. The highest BCUT2D eigenvalue weighted by Crippen LogP contribution is 2.43. The number of fused-ring (bicyclic) bond motifs is 3. The minimum Gasteiger partial charge on any atom is -0.369 e. The predicted octanol–water partition coefficient (Wildman–Crippen LogP) is 3.61. The van der Waals surface area contributed by atoms with Crippen molar-refractivity contribution in [1.82, 2.24) is 9.78 Å². The van der Waals surface area contributed by atoms with Gasteiger partial charge in [-0.1, -0.05) is 20.3 Å². The highest BCUT2D eigenvalue weighted by atomic mass is 79.9. The molecule has 0 bridgehead atoms. The lowest BCUT2D eigenvalue weighted by Crippen LogP contribution is -2.29. The number of rotatable bonds is 2. The number of hydrogen-bond donors (Lipinski definition) is 1. The van der Waals surface area contributed by atoms with Crippen LogP contribution in [0.1, 0.15) is 44.8 Å². The predicted molar refractivity (Wildman–Crippen MR) is 73.3 cm³/mol. The van der Waals surface area contributed by atoms with Gasteiger partial charge in [-0.3, -0.25) is 0 Å². The van der Waals surface area contributed by atoms with Crippen molar-refractivity contribution in [2.24, 2.45) is 11.8 Å². The van der Waals surface area contributed by atoms with Crippen molar-refractivity contribution < 1.29 is 0 Å². The van der Waals surface area contributed by atoms with E-state index < -0.39 is 0 Å². The molecule has 1 fully saturated rings. The molecule has 1 saturated carbocycles. The number of anilines is 1. The van der Waals surface area contributed by atoms with Gasteiger partial charge < -0.3 is 5.32 Å². The van der Waals surface area contributed by atoms with E-state index in [1.54, 1.807) is 0 Å². The van der Waals surface area contributed by atoms with Crippen LogP contribution in [0.15, 0.2) is 4.47 Å². The third kappa shape index (κ3) is 1.90. The van der Waals surface area contributed by atoms with Gasteiger partial charge in [-0.15, -0.1) is 0 Å². The maximum atomic E-state index is 4.84. The van der Waals surface area contributed by atoms with E-state index in [9.17, 15) is 0 Å². The maximum absolute atomic E-state index is 4.84. The molecule has 1 aliphatic carbocycles. The van der Waals surface area contributed by atoms with E-state index >= 15 is 0 Å². The molecule has 2 atom stereocenters. The Labute approximate surface area is 111 Å². The molecule has 0 aromatic carbocycles. The Balaban J connectivity index is 1.96. The second-order valence-electron chi connectivity index (χ2n) is 5.79. The molecule has 3 nitrogen and oxygen atoms in total. The van der Waals surface area contributed by atoms with Crippen LogP contribution in [0.4, 0.5) is 5.82 Å². The minimum atomic E-state index is 0.642. The number of nitrogens with one attached hydrogen (secondary N) is 1. The van der Waals surface area contributed by atoms with Gasteiger partial charge in [0.05, 0.1) is 16.2 Å². The van der Waals surface area contributed by atoms with Crippen molar-refractivity contribution in [3.05, 3.63) is 10.2 Å². The first-order valence-corrected chi connectivity index (χ1v) is 7.47. The fourth-order valence-corrected chi connectivity index (χ4v) is 3.75. The number of nitrogens with zero attached hydrogens (tertiary/aromatic N) is 2. The van der Waals surface area contributed by atoms with Gasteiger partial charge in [0.2, 0.25) is 0 Å². The third-order valence-electron chi connectivity index (χ3n) is 3.99. The first kappa shape index (κ1) is 11.6. The third-order valence-corrected chi connectivity index (χ3v) is 4.82. The van der Waals surface area contributed by atoms with Crippen LogP contribution in [0, 0.1) is 11.8 Å². The Hall–Kier alpha value is -0.510. The van der Waals surface area contributed by atoms with E-state index in [1.165, 1.54) is 35.2 Å². The molecule has 2 unspecified atom stereocenters. The van der Waals surface area contributed by atoms with E-state index in [0.29, 0.717) is 12.0 Å². The van der Waals surface area contributed by atoms with Crippen molar-refractivity contribution >= 4 is 21.7 Å². The Kier molecular flexibility index (Phi) is 2.93. The van der Waals surface area contributed by atoms with E-state index in [4.69, 9.17) is 5.10 Å². The molecule has 4 heteroatoms. The molecule has 0 amide bonds. The van der Waals surface area contributed by atoms with Crippen molar-refractivity contribution in [2.75, 3.05) is 11.9 Å². The highest BCUT2D eigenvalue weighted by molar-refractivity contribution is 9.10. The summed E-state index contributed by atoms with van der Waals surface area (Å²) < 4.78 is 3.44. The Morgan fingerprint density at radius 2 is 2.29 bits per heavy atom. The van der Waals surface area contributed by atoms with E-state index in [1.807, 2.05) is 0 Å². The largest absolute Gasteiger partial charge is 0.369 e. The van der Waals surface area contributed by atoms with Gasteiger partial charge in [0, 0.05) is 6.54 Å². The van der Waals surface area contributed by atoms with E-state index in [-0.39, 0.29) is 0 Å². The van der Waals surface area contributed by atoms with Gasteiger partial charge in [0.15, 0.2) is 0 Å². The number of halogens is 1. The topological polar surface area (TPSA) is 29.9 Å². The molecule has 1 N–H and O–H groups in total. The van der Waals surface area contributed by atoms with Gasteiger partial charge in [0.25, 0.3) is 0 Å². The molecule has 2 aliphatic rings. The van der Waals surface area contributed by atoms with Crippen molar-refractivity contribution in [1.29, 1.82) is 0 Å². The molecule has 1 aromatic heterocycles. The zero-order valence-corrected chi connectivity index (χ0v) is 12.1. The summed E-state index contributed by atoms with van der Waals surface area (Å²) in [6.45, 7) is 5.61. The van der Waals surface area contributed by atoms with Gasteiger partial charge in [0.1, 0.15) is 5.82 Å². The van der Waals surface area contributed by atoms with Crippen LogP contribution in [0.3, 0.4) is 0 Å². The number of aromatic nitrogens is 2. The molecule has 2 heterocycles. The van der Waals surface area contributed by atoms with Crippen molar-refractivity contribution in [3.8, 4) is 0 Å². The van der Waals surface area contributed by atoms with Crippen LogP contribution in [0.2, 0.25) is 0 Å². The van der Waals surface area contributed by atoms with Gasteiger partial charge in [-0.2, -0.15) is 5.10 Å². The van der Waals surface area contributed by atoms with Crippen LogP contribution in [0.25, 0.3) is 0 Å². The summed E-state index contributed by atoms with van der Waals surface area (Å²) in [6.07, 6.45) is 5.07.